The molecular formula is C14H8Cl2F2O2. The van der Waals surface area contributed by atoms with Crippen LogP contribution in [0.1, 0.15) is 10.4 Å². The van der Waals surface area contributed by atoms with Crippen LogP contribution in [0.2, 0.25) is 10.0 Å². The third-order valence-electron chi connectivity index (χ3n) is 2.45. The van der Waals surface area contributed by atoms with Crippen LogP contribution in [-0.4, -0.2) is 12.4 Å². The molecule has 2 aromatic carbocycles. The lowest BCUT2D eigenvalue weighted by Gasteiger charge is -2.06. The molecule has 0 saturated carbocycles. The molecule has 20 heavy (non-hydrogen) atoms. The summed E-state index contributed by atoms with van der Waals surface area (Å²) in [6.45, 7) is -0.360. The lowest BCUT2D eigenvalue weighted by atomic mass is 10.1. The van der Waals surface area contributed by atoms with E-state index in [1.807, 2.05) is 0 Å². The van der Waals surface area contributed by atoms with E-state index in [0.29, 0.717) is 16.7 Å². The molecule has 2 rings (SSSR count). The van der Waals surface area contributed by atoms with Crippen LogP contribution in [0, 0.1) is 11.6 Å². The number of rotatable bonds is 4. The molecule has 0 amide bonds. The minimum Gasteiger partial charge on any atom is -0.485 e. The maximum absolute atomic E-state index is 12.9. The largest absolute Gasteiger partial charge is 0.485 e. The highest BCUT2D eigenvalue weighted by Gasteiger charge is 2.10. The van der Waals surface area contributed by atoms with Crippen molar-refractivity contribution in [1.82, 2.24) is 0 Å². The molecule has 0 radical (unpaired) electrons. The van der Waals surface area contributed by atoms with E-state index < -0.39 is 11.6 Å². The molecule has 2 nitrogen and oxygen atoms in total. The van der Waals surface area contributed by atoms with Crippen molar-refractivity contribution in [2.24, 2.45) is 0 Å². The standard InChI is InChI=1S/C14H8Cl2F2O2/c15-12-2-1-8(3-13(12)16)14(19)7-20-11-5-9(17)4-10(18)6-11/h1-6H,7H2. The Hall–Kier alpha value is -1.65. The highest BCUT2D eigenvalue weighted by atomic mass is 35.5. The van der Waals surface area contributed by atoms with Gasteiger partial charge in [-0.2, -0.15) is 0 Å². The second-order valence-corrected chi connectivity index (χ2v) is 4.76. The molecule has 2 aromatic rings. The number of Topliss-reactive ketones (excluding diaryl/α,β-unsaturated/α-hetero) is 1. The van der Waals surface area contributed by atoms with Gasteiger partial charge < -0.3 is 4.74 Å². The highest BCUT2D eigenvalue weighted by molar-refractivity contribution is 6.42. The number of halogens is 4. The third kappa shape index (κ3) is 3.68. The van der Waals surface area contributed by atoms with Crippen molar-refractivity contribution < 1.29 is 18.3 Å². The molecule has 0 aliphatic heterocycles. The van der Waals surface area contributed by atoms with Crippen LogP contribution in [-0.2, 0) is 0 Å². The Balaban J connectivity index is 2.06. The van der Waals surface area contributed by atoms with Gasteiger partial charge in [0.05, 0.1) is 10.0 Å². The van der Waals surface area contributed by atoms with Gasteiger partial charge in [-0.05, 0) is 18.2 Å². The summed E-state index contributed by atoms with van der Waals surface area (Å²) in [6, 6.07) is 7.08. The van der Waals surface area contributed by atoms with Gasteiger partial charge in [-0.3, -0.25) is 4.79 Å². The molecule has 0 fully saturated rings. The first kappa shape index (κ1) is 14.8. The van der Waals surface area contributed by atoms with E-state index in [9.17, 15) is 13.6 Å². The number of ketones is 1. The van der Waals surface area contributed by atoms with E-state index in [-0.39, 0.29) is 23.2 Å². The van der Waals surface area contributed by atoms with Gasteiger partial charge in [0.15, 0.2) is 12.4 Å². The van der Waals surface area contributed by atoms with Gasteiger partial charge in [-0.25, -0.2) is 8.78 Å². The molecule has 0 aliphatic rings. The lowest BCUT2D eigenvalue weighted by Crippen LogP contribution is -2.11. The SMILES string of the molecule is O=C(COc1cc(F)cc(F)c1)c1ccc(Cl)c(Cl)c1. The molecule has 104 valence electrons. The second kappa shape index (κ2) is 6.20. The predicted octanol–water partition coefficient (Wildman–Crippen LogP) is 4.53. The number of carbonyl (C=O) groups excluding carboxylic acids is 1. The summed E-state index contributed by atoms with van der Waals surface area (Å²) in [4.78, 5) is 11.8. The molecule has 0 bridgehead atoms. The highest BCUT2D eigenvalue weighted by Crippen LogP contribution is 2.23. The summed E-state index contributed by atoms with van der Waals surface area (Å²) in [5.74, 6) is -1.99. The third-order valence-corrected chi connectivity index (χ3v) is 3.19. The van der Waals surface area contributed by atoms with E-state index in [1.165, 1.54) is 18.2 Å². The van der Waals surface area contributed by atoms with E-state index in [2.05, 4.69) is 0 Å². The molecule has 0 unspecified atom stereocenters. The summed E-state index contributed by atoms with van der Waals surface area (Å²) < 4.78 is 30.9. The zero-order valence-electron chi connectivity index (χ0n) is 10.00. The minimum atomic E-state index is -0.776. The molecule has 0 aliphatic carbocycles. The van der Waals surface area contributed by atoms with Crippen LogP contribution >= 0.6 is 23.2 Å². The Labute approximate surface area is 123 Å². The summed E-state index contributed by atoms with van der Waals surface area (Å²) in [5.41, 5.74) is 0.302. The zero-order chi connectivity index (χ0) is 14.7. The molecule has 6 heteroatoms. The molecule has 0 atom stereocenters. The van der Waals surface area contributed by atoms with Crippen LogP contribution in [0.15, 0.2) is 36.4 Å². The number of ether oxygens (including phenoxy) is 1. The Morgan fingerprint density at radius 3 is 2.25 bits per heavy atom. The first-order valence-electron chi connectivity index (χ1n) is 5.53. The fraction of sp³-hybridized carbons (Fsp3) is 0.0714. The van der Waals surface area contributed by atoms with Crippen LogP contribution in [0.5, 0.6) is 5.75 Å². The first-order chi connectivity index (χ1) is 9.45. The van der Waals surface area contributed by atoms with Crippen LogP contribution in [0.3, 0.4) is 0 Å². The Morgan fingerprint density at radius 1 is 1.00 bits per heavy atom. The Kier molecular flexibility index (Phi) is 4.57. The summed E-state index contributed by atoms with van der Waals surface area (Å²) in [6.07, 6.45) is 0. The zero-order valence-corrected chi connectivity index (χ0v) is 11.5. The topological polar surface area (TPSA) is 26.3 Å². The first-order valence-corrected chi connectivity index (χ1v) is 6.28. The summed E-state index contributed by atoms with van der Waals surface area (Å²) in [7, 11) is 0. The van der Waals surface area contributed by atoms with E-state index in [1.54, 1.807) is 0 Å². The predicted molar refractivity (Wildman–Crippen MR) is 72.6 cm³/mol. The van der Waals surface area contributed by atoms with Crippen molar-refractivity contribution in [3.05, 3.63) is 63.6 Å². The monoisotopic (exact) mass is 316 g/mol. The number of hydrogen-bond acceptors (Lipinski definition) is 2. The molecule has 0 spiro atoms. The van der Waals surface area contributed by atoms with Crippen molar-refractivity contribution in [1.29, 1.82) is 0 Å². The Bertz CT molecular complexity index is 639. The summed E-state index contributed by atoms with van der Waals surface area (Å²) in [5, 5.41) is 0.575. The average Bonchev–Trinajstić information content (AvgIpc) is 2.38. The van der Waals surface area contributed by atoms with Crippen molar-refractivity contribution in [2.45, 2.75) is 0 Å². The van der Waals surface area contributed by atoms with Gasteiger partial charge in [0.2, 0.25) is 0 Å². The lowest BCUT2D eigenvalue weighted by molar-refractivity contribution is 0.0921. The van der Waals surface area contributed by atoms with Gasteiger partial charge in [0.25, 0.3) is 0 Å². The molecule has 0 saturated heterocycles. The number of carbonyl (C=O) groups is 1. The number of hydrogen-bond donors (Lipinski definition) is 0. The quantitative estimate of drug-likeness (QED) is 0.774. The smallest absolute Gasteiger partial charge is 0.200 e. The fourth-order valence-electron chi connectivity index (χ4n) is 1.51. The second-order valence-electron chi connectivity index (χ2n) is 3.95. The average molecular weight is 317 g/mol. The maximum Gasteiger partial charge on any atom is 0.200 e. The van der Waals surface area contributed by atoms with E-state index >= 15 is 0 Å². The van der Waals surface area contributed by atoms with Crippen molar-refractivity contribution in [3.8, 4) is 5.75 Å². The van der Waals surface area contributed by atoms with Crippen molar-refractivity contribution in [2.75, 3.05) is 6.61 Å². The van der Waals surface area contributed by atoms with Gasteiger partial charge in [-0.15, -0.1) is 0 Å². The van der Waals surface area contributed by atoms with Gasteiger partial charge >= 0.3 is 0 Å². The molecule has 0 N–H and O–H groups in total. The van der Waals surface area contributed by atoms with Crippen LogP contribution in [0.4, 0.5) is 8.78 Å². The van der Waals surface area contributed by atoms with E-state index in [0.717, 1.165) is 12.1 Å². The van der Waals surface area contributed by atoms with Crippen LogP contribution < -0.4 is 4.74 Å². The van der Waals surface area contributed by atoms with Gasteiger partial charge in [0.1, 0.15) is 17.4 Å². The fourth-order valence-corrected chi connectivity index (χ4v) is 1.81. The van der Waals surface area contributed by atoms with Crippen molar-refractivity contribution >= 4 is 29.0 Å². The van der Waals surface area contributed by atoms with Crippen molar-refractivity contribution in [3.63, 3.8) is 0 Å². The maximum atomic E-state index is 12.9. The summed E-state index contributed by atoms with van der Waals surface area (Å²) >= 11 is 11.5. The van der Waals surface area contributed by atoms with Gasteiger partial charge in [0, 0.05) is 23.8 Å². The number of benzene rings is 2. The normalized spacial score (nSPS) is 10.4. The van der Waals surface area contributed by atoms with Gasteiger partial charge in [-0.1, -0.05) is 23.2 Å². The van der Waals surface area contributed by atoms with E-state index in [4.69, 9.17) is 27.9 Å². The Morgan fingerprint density at radius 2 is 1.65 bits per heavy atom. The van der Waals surface area contributed by atoms with Crippen LogP contribution in [0.25, 0.3) is 0 Å². The molecule has 0 aromatic heterocycles. The molecular weight excluding hydrogens is 309 g/mol. The molecule has 0 heterocycles. The minimum absolute atomic E-state index is 0.0593.